The van der Waals surface area contributed by atoms with E-state index in [1.54, 1.807) is 25.1 Å². The van der Waals surface area contributed by atoms with Crippen molar-refractivity contribution in [1.29, 1.82) is 5.26 Å². The molecule has 0 aliphatic rings. The van der Waals surface area contributed by atoms with Gasteiger partial charge in [-0.25, -0.2) is 4.79 Å². The first kappa shape index (κ1) is 12.0. The van der Waals surface area contributed by atoms with E-state index in [2.05, 4.69) is 28.7 Å². The molecule has 1 atom stereocenters. The van der Waals surface area contributed by atoms with Crippen molar-refractivity contribution in [3.63, 3.8) is 0 Å². The van der Waals surface area contributed by atoms with Crippen LogP contribution in [0.3, 0.4) is 0 Å². The largest absolute Gasteiger partial charge is 0.478 e. The van der Waals surface area contributed by atoms with Crippen LogP contribution in [0, 0.1) is 11.3 Å². The number of alkyl halides is 1. The first-order valence-electron chi connectivity index (χ1n) is 4.34. The number of nitrogens with zero attached hydrogens (tertiary/aromatic N) is 1. The summed E-state index contributed by atoms with van der Waals surface area (Å²) < 4.78 is 0.629. The highest BCUT2D eigenvalue weighted by molar-refractivity contribution is 14.1. The molecule has 1 unspecified atom stereocenters. The minimum atomic E-state index is -0.967. The number of hydrogen-bond donors (Lipinski definition) is 1. The van der Waals surface area contributed by atoms with Crippen molar-refractivity contribution in [2.24, 2.45) is 0 Å². The van der Waals surface area contributed by atoms with Crippen LogP contribution in [0.2, 0.25) is 0 Å². The fraction of sp³-hybridized carbons (Fsp3) is 0.273. The van der Waals surface area contributed by atoms with Crippen molar-refractivity contribution >= 4 is 28.6 Å². The molecule has 0 heterocycles. The third kappa shape index (κ3) is 2.48. The van der Waals surface area contributed by atoms with E-state index in [0.717, 1.165) is 5.56 Å². The number of benzene rings is 1. The van der Waals surface area contributed by atoms with Crippen LogP contribution in [0.4, 0.5) is 0 Å². The Bertz CT molecular complexity index is 425. The van der Waals surface area contributed by atoms with Crippen LogP contribution in [0.15, 0.2) is 24.3 Å². The molecule has 3 nitrogen and oxygen atoms in total. The monoisotopic (exact) mass is 315 g/mol. The average Bonchev–Trinajstić information content (AvgIpc) is 2.28. The number of aromatic carboxylic acids is 1. The number of rotatable bonds is 3. The highest BCUT2D eigenvalue weighted by atomic mass is 127. The van der Waals surface area contributed by atoms with Crippen LogP contribution in [0.1, 0.15) is 22.8 Å². The van der Waals surface area contributed by atoms with E-state index in [1.807, 2.05) is 0 Å². The lowest BCUT2D eigenvalue weighted by Gasteiger charge is -2.19. The normalized spacial score (nSPS) is 13.9. The highest BCUT2D eigenvalue weighted by Gasteiger charge is 2.25. The Kier molecular flexibility index (Phi) is 3.69. The molecule has 78 valence electrons. The predicted octanol–water partition coefficient (Wildman–Crippen LogP) is 2.60. The Morgan fingerprint density at radius 2 is 2.33 bits per heavy atom. The van der Waals surface area contributed by atoms with Crippen LogP contribution >= 0.6 is 22.6 Å². The van der Waals surface area contributed by atoms with Gasteiger partial charge in [-0.1, -0.05) is 34.7 Å². The number of carbonyl (C=O) groups is 1. The summed E-state index contributed by atoms with van der Waals surface area (Å²) in [7, 11) is 0. The number of carboxylic acid groups (broad SMARTS) is 1. The SMILES string of the molecule is CC(C#N)(CI)c1cccc(C(=O)O)c1. The Morgan fingerprint density at radius 3 is 2.80 bits per heavy atom. The molecule has 0 radical (unpaired) electrons. The lowest BCUT2D eigenvalue weighted by atomic mass is 9.85. The Labute approximate surface area is 102 Å². The van der Waals surface area contributed by atoms with E-state index < -0.39 is 11.4 Å². The van der Waals surface area contributed by atoms with E-state index in [1.165, 1.54) is 6.07 Å². The van der Waals surface area contributed by atoms with Gasteiger partial charge in [0.1, 0.15) is 0 Å². The maximum atomic E-state index is 10.8. The molecule has 1 aromatic rings. The number of halogens is 1. The molecule has 0 fully saturated rings. The summed E-state index contributed by atoms with van der Waals surface area (Å²) in [6, 6.07) is 8.75. The fourth-order valence-electron chi connectivity index (χ4n) is 1.17. The standard InChI is InChI=1S/C11H10INO2/c1-11(6-12,7-13)9-4-2-3-8(5-9)10(14)15/h2-5H,6H2,1H3,(H,14,15). The lowest BCUT2D eigenvalue weighted by Crippen LogP contribution is -2.21. The summed E-state index contributed by atoms with van der Waals surface area (Å²) in [6.07, 6.45) is 0. The maximum absolute atomic E-state index is 10.8. The molecule has 1 N–H and O–H groups in total. The zero-order chi connectivity index (χ0) is 11.5. The molecular weight excluding hydrogens is 305 g/mol. The van der Waals surface area contributed by atoms with Crippen molar-refractivity contribution in [2.45, 2.75) is 12.3 Å². The molecule has 0 aromatic heterocycles. The van der Waals surface area contributed by atoms with Crippen molar-refractivity contribution in [1.82, 2.24) is 0 Å². The van der Waals surface area contributed by atoms with Crippen molar-refractivity contribution in [2.75, 3.05) is 4.43 Å². The van der Waals surface area contributed by atoms with Crippen LogP contribution in [0.25, 0.3) is 0 Å². The summed E-state index contributed by atoms with van der Waals surface area (Å²) >= 11 is 2.13. The average molecular weight is 315 g/mol. The minimum Gasteiger partial charge on any atom is -0.478 e. The first-order valence-corrected chi connectivity index (χ1v) is 5.87. The lowest BCUT2D eigenvalue weighted by molar-refractivity contribution is 0.0696. The molecule has 0 aliphatic heterocycles. The van der Waals surface area contributed by atoms with E-state index in [4.69, 9.17) is 10.4 Å². The number of carboxylic acids is 1. The first-order chi connectivity index (χ1) is 7.03. The fourth-order valence-corrected chi connectivity index (χ4v) is 1.78. The second-order valence-electron chi connectivity index (χ2n) is 3.46. The predicted molar refractivity (Wildman–Crippen MR) is 65.3 cm³/mol. The number of nitriles is 1. The molecule has 1 rings (SSSR count). The third-order valence-corrected chi connectivity index (χ3v) is 3.79. The minimum absolute atomic E-state index is 0.221. The summed E-state index contributed by atoms with van der Waals surface area (Å²) in [6.45, 7) is 1.81. The second-order valence-corrected chi connectivity index (χ2v) is 4.23. The van der Waals surface area contributed by atoms with E-state index >= 15 is 0 Å². The molecule has 0 saturated carbocycles. The van der Waals surface area contributed by atoms with Crippen LogP contribution in [-0.4, -0.2) is 15.5 Å². The van der Waals surface area contributed by atoms with Crippen LogP contribution < -0.4 is 0 Å². The Morgan fingerprint density at radius 1 is 1.67 bits per heavy atom. The van der Waals surface area contributed by atoms with Gasteiger partial charge in [-0.05, 0) is 24.6 Å². The molecule has 0 amide bonds. The zero-order valence-corrected chi connectivity index (χ0v) is 10.4. The van der Waals surface area contributed by atoms with E-state index in [0.29, 0.717) is 4.43 Å². The number of hydrogen-bond acceptors (Lipinski definition) is 2. The zero-order valence-electron chi connectivity index (χ0n) is 8.20. The van der Waals surface area contributed by atoms with E-state index in [-0.39, 0.29) is 5.56 Å². The van der Waals surface area contributed by atoms with Gasteiger partial charge in [0.15, 0.2) is 0 Å². The van der Waals surface area contributed by atoms with Gasteiger partial charge in [-0.3, -0.25) is 0 Å². The van der Waals surface area contributed by atoms with E-state index in [9.17, 15) is 4.79 Å². The Balaban J connectivity index is 3.22. The molecule has 0 saturated heterocycles. The van der Waals surface area contributed by atoms with Gasteiger partial charge in [-0.2, -0.15) is 5.26 Å². The van der Waals surface area contributed by atoms with Gasteiger partial charge >= 0.3 is 5.97 Å². The summed E-state index contributed by atoms with van der Waals surface area (Å²) in [5.41, 5.74) is 0.351. The molecule has 0 bridgehead atoms. The van der Waals surface area contributed by atoms with Gasteiger partial charge in [0, 0.05) is 4.43 Å². The summed E-state index contributed by atoms with van der Waals surface area (Å²) in [5.74, 6) is -0.967. The smallest absolute Gasteiger partial charge is 0.335 e. The molecule has 0 spiro atoms. The van der Waals surface area contributed by atoms with Gasteiger partial charge in [0.05, 0.1) is 17.0 Å². The van der Waals surface area contributed by atoms with Crippen LogP contribution in [-0.2, 0) is 5.41 Å². The third-order valence-electron chi connectivity index (χ3n) is 2.26. The van der Waals surface area contributed by atoms with Crippen molar-refractivity contribution in [3.05, 3.63) is 35.4 Å². The molecule has 15 heavy (non-hydrogen) atoms. The van der Waals surface area contributed by atoms with Gasteiger partial charge in [-0.15, -0.1) is 0 Å². The maximum Gasteiger partial charge on any atom is 0.335 e. The van der Waals surface area contributed by atoms with Gasteiger partial charge in [0.2, 0.25) is 0 Å². The van der Waals surface area contributed by atoms with Crippen molar-refractivity contribution in [3.8, 4) is 6.07 Å². The quantitative estimate of drug-likeness (QED) is 0.689. The molecule has 0 aliphatic carbocycles. The van der Waals surface area contributed by atoms with Crippen LogP contribution in [0.5, 0.6) is 0 Å². The molecule has 4 heteroatoms. The van der Waals surface area contributed by atoms with Crippen molar-refractivity contribution < 1.29 is 9.90 Å². The van der Waals surface area contributed by atoms with Gasteiger partial charge < -0.3 is 5.11 Å². The highest BCUT2D eigenvalue weighted by Crippen LogP contribution is 2.26. The molecule has 1 aromatic carbocycles. The molecular formula is C11H10INO2. The summed E-state index contributed by atoms with van der Waals surface area (Å²) in [5, 5.41) is 17.9. The second kappa shape index (κ2) is 4.62. The Hall–Kier alpha value is -1.09. The van der Waals surface area contributed by atoms with Gasteiger partial charge in [0.25, 0.3) is 0 Å². The topological polar surface area (TPSA) is 61.1 Å². The summed E-state index contributed by atoms with van der Waals surface area (Å²) in [4.78, 5) is 10.8.